The Morgan fingerprint density at radius 3 is 2.25 bits per heavy atom. The molecule has 1 heterocycles. The van der Waals surface area contributed by atoms with Crippen LogP contribution in [-0.2, 0) is 0 Å². The number of aromatic nitrogens is 2. The highest BCUT2D eigenvalue weighted by atomic mass is 16.5. The Hall–Kier alpha value is -4.06. The molecular formula is C22H19N5O. The summed E-state index contributed by atoms with van der Waals surface area (Å²) >= 11 is 0. The average molecular weight is 369 g/mol. The van der Waals surface area contributed by atoms with E-state index in [2.05, 4.69) is 15.3 Å². The van der Waals surface area contributed by atoms with Crippen molar-refractivity contribution in [3.8, 4) is 22.6 Å². The monoisotopic (exact) mass is 369 g/mol. The van der Waals surface area contributed by atoms with E-state index in [1.54, 1.807) is 0 Å². The molecule has 3 aromatic carbocycles. The first-order valence-electron chi connectivity index (χ1n) is 8.75. The van der Waals surface area contributed by atoms with Crippen LogP contribution < -0.4 is 21.5 Å². The van der Waals surface area contributed by atoms with E-state index in [4.69, 9.17) is 16.2 Å². The highest BCUT2D eigenvalue weighted by Crippen LogP contribution is 2.33. The molecule has 138 valence electrons. The topological polar surface area (TPSA) is 99.1 Å². The molecule has 0 radical (unpaired) electrons. The summed E-state index contributed by atoms with van der Waals surface area (Å²) in [6.07, 6.45) is 1.43. The van der Waals surface area contributed by atoms with Crippen LogP contribution >= 0.6 is 0 Å². The normalized spacial score (nSPS) is 10.4. The van der Waals surface area contributed by atoms with E-state index >= 15 is 0 Å². The van der Waals surface area contributed by atoms with Crippen LogP contribution in [0.15, 0.2) is 85.2 Å². The molecule has 0 fully saturated rings. The lowest BCUT2D eigenvalue weighted by molar-refractivity contribution is 0.483. The lowest BCUT2D eigenvalue weighted by Gasteiger charge is -2.13. The van der Waals surface area contributed by atoms with Gasteiger partial charge in [-0.25, -0.2) is 9.97 Å². The number of nitrogens with one attached hydrogen (secondary N) is 1. The first-order chi connectivity index (χ1) is 13.7. The largest absolute Gasteiger partial charge is 0.457 e. The summed E-state index contributed by atoms with van der Waals surface area (Å²) in [5.74, 6) is 2.52. The zero-order valence-electron chi connectivity index (χ0n) is 15.0. The summed E-state index contributed by atoms with van der Waals surface area (Å²) in [5, 5.41) is 3.29. The number of anilines is 4. The fourth-order valence-corrected chi connectivity index (χ4v) is 2.84. The second-order valence-corrected chi connectivity index (χ2v) is 6.17. The first-order valence-corrected chi connectivity index (χ1v) is 8.75. The number of nitrogens with zero attached hydrogens (tertiary/aromatic N) is 2. The van der Waals surface area contributed by atoms with Crippen LogP contribution in [-0.4, -0.2) is 9.97 Å². The Kier molecular flexibility index (Phi) is 4.76. The van der Waals surface area contributed by atoms with Crippen LogP contribution in [0.2, 0.25) is 0 Å². The van der Waals surface area contributed by atoms with Crippen LogP contribution in [0.5, 0.6) is 11.5 Å². The molecule has 4 aromatic rings. The third-order valence-corrected chi connectivity index (χ3v) is 4.15. The number of nitrogen functional groups attached to an aromatic ring is 2. The summed E-state index contributed by atoms with van der Waals surface area (Å²) in [6.45, 7) is 0. The van der Waals surface area contributed by atoms with Gasteiger partial charge < -0.3 is 21.5 Å². The number of ether oxygens (including phenoxy) is 1. The number of nitrogens with two attached hydrogens (primary N) is 2. The van der Waals surface area contributed by atoms with Crippen molar-refractivity contribution in [3.63, 3.8) is 0 Å². The quantitative estimate of drug-likeness (QED) is 0.435. The van der Waals surface area contributed by atoms with Gasteiger partial charge in [0.25, 0.3) is 0 Å². The summed E-state index contributed by atoms with van der Waals surface area (Å²) in [6, 6.07) is 24.7. The van der Waals surface area contributed by atoms with Crippen molar-refractivity contribution < 1.29 is 4.74 Å². The molecule has 5 N–H and O–H groups in total. The maximum Gasteiger partial charge on any atom is 0.143 e. The zero-order valence-corrected chi connectivity index (χ0v) is 15.0. The van der Waals surface area contributed by atoms with Crippen molar-refractivity contribution in [1.29, 1.82) is 0 Å². The Morgan fingerprint density at radius 1 is 0.750 bits per heavy atom. The van der Waals surface area contributed by atoms with Crippen LogP contribution in [0.1, 0.15) is 0 Å². The van der Waals surface area contributed by atoms with E-state index < -0.39 is 0 Å². The van der Waals surface area contributed by atoms with E-state index in [1.165, 1.54) is 6.33 Å². The van der Waals surface area contributed by atoms with Gasteiger partial charge in [-0.15, -0.1) is 0 Å². The molecule has 6 nitrogen and oxygen atoms in total. The Morgan fingerprint density at radius 2 is 1.50 bits per heavy atom. The summed E-state index contributed by atoms with van der Waals surface area (Å²) in [7, 11) is 0. The van der Waals surface area contributed by atoms with Crippen molar-refractivity contribution in [2.45, 2.75) is 0 Å². The second-order valence-electron chi connectivity index (χ2n) is 6.17. The lowest BCUT2D eigenvalue weighted by Crippen LogP contribution is -2.02. The molecule has 0 bridgehead atoms. The number of benzene rings is 3. The molecule has 0 saturated carbocycles. The summed E-state index contributed by atoms with van der Waals surface area (Å²) in [4.78, 5) is 8.47. The molecule has 0 aliphatic rings. The number of hydrogen-bond donors (Lipinski definition) is 3. The molecular weight excluding hydrogens is 350 g/mol. The van der Waals surface area contributed by atoms with E-state index in [1.807, 2.05) is 78.9 Å². The third kappa shape index (κ3) is 3.86. The SMILES string of the molecule is Nc1cccc(-c2c(N)ncnc2Nc2ccc(Oc3ccccc3)cc2)c1. The minimum Gasteiger partial charge on any atom is -0.457 e. The predicted octanol–water partition coefficient (Wildman–Crippen LogP) is 4.84. The van der Waals surface area contributed by atoms with Crippen molar-refractivity contribution in [3.05, 3.63) is 85.2 Å². The van der Waals surface area contributed by atoms with Gasteiger partial charge >= 0.3 is 0 Å². The molecule has 28 heavy (non-hydrogen) atoms. The van der Waals surface area contributed by atoms with E-state index in [0.717, 1.165) is 22.7 Å². The van der Waals surface area contributed by atoms with E-state index in [-0.39, 0.29) is 0 Å². The lowest BCUT2D eigenvalue weighted by atomic mass is 10.1. The van der Waals surface area contributed by atoms with Gasteiger partial charge in [0.15, 0.2) is 0 Å². The molecule has 0 amide bonds. The van der Waals surface area contributed by atoms with Gasteiger partial charge in [0, 0.05) is 11.4 Å². The predicted molar refractivity (Wildman–Crippen MR) is 113 cm³/mol. The van der Waals surface area contributed by atoms with Crippen molar-refractivity contribution in [2.24, 2.45) is 0 Å². The fraction of sp³-hybridized carbons (Fsp3) is 0. The van der Waals surface area contributed by atoms with Crippen LogP contribution in [0.4, 0.5) is 23.0 Å². The maximum absolute atomic E-state index is 6.12. The van der Waals surface area contributed by atoms with Gasteiger partial charge in [-0.3, -0.25) is 0 Å². The van der Waals surface area contributed by atoms with Gasteiger partial charge in [-0.1, -0.05) is 30.3 Å². The summed E-state index contributed by atoms with van der Waals surface area (Å²) < 4.78 is 5.82. The van der Waals surface area contributed by atoms with Crippen LogP contribution in [0, 0.1) is 0 Å². The highest BCUT2D eigenvalue weighted by Gasteiger charge is 2.12. The zero-order chi connectivity index (χ0) is 19.3. The Balaban J connectivity index is 1.59. The molecule has 0 spiro atoms. The number of rotatable bonds is 5. The fourth-order valence-electron chi connectivity index (χ4n) is 2.84. The number of hydrogen-bond acceptors (Lipinski definition) is 6. The first kappa shape index (κ1) is 17.4. The van der Waals surface area contributed by atoms with Crippen LogP contribution in [0.25, 0.3) is 11.1 Å². The minimum absolute atomic E-state index is 0.382. The van der Waals surface area contributed by atoms with Crippen molar-refractivity contribution in [2.75, 3.05) is 16.8 Å². The molecule has 0 atom stereocenters. The van der Waals surface area contributed by atoms with Gasteiger partial charge in [0.1, 0.15) is 29.5 Å². The van der Waals surface area contributed by atoms with Crippen molar-refractivity contribution in [1.82, 2.24) is 9.97 Å². The Bertz CT molecular complexity index is 1080. The molecule has 1 aromatic heterocycles. The van der Waals surface area contributed by atoms with Gasteiger partial charge in [0.05, 0.1) is 5.56 Å². The van der Waals surface area contributed by atoms with E-state index in [9.17, 15) is 0 Å². The third-order valence-electron chi connectivity index (χ3n) is 4.15. The maximum atomic E-state index is 6.12. The van der Waals surface area contributed by atoms with Gasteiger partial charge in [-0.2, -0.15) is 0 Å². The number of para-hydroxylation sites is 1. The molecule has 0 aliphatic carbocycles. The smallest absolute Gasteiger partial charge is 0.143 e. The average Bonchev–Trinajstić information content (AvgIpc) is 2.70. The molecule has 0 unspecified atom stereocenters. The standard InChI is InChI=1S/C22H19N5O/c23-16-6-4-5-15(13-16)20-21(24)25-14-26-22(20)27-17-9-11-19(12-10-17)28-18-7-2-1-3-8-18/h1-14H,23H2,(H3,24,25,26,27). The van der Waals surface area contributed by atoms with Gasteiger partial charge in [-0.05, 0) is 54.1 Å². The van der Waals surface area contributed by atoms with E-state index in [0.29, 0.717) is 22.9 Å². The Labute approximate surface area is 162 Å². The molecule has 0 saturated heterocycles. The molecule has 6 heteroatoms. The summed E-state index contributed by atoms with van der Waals surface area (Å²) in [5.41, 5.74) is 15.1. The minimum atomic E-state index is 0.382. The second kappa shape index (κ2) is 7.67. The van der Waals surface area contributed by atoms with Crippen molar-refractivity contribution >= 4 is 23.0 Å². The molecule has 4 rings (SSSR count). The van der Waals surface area contributed by atoms with Crippen LogP contribution in [0.3, 0.4) is 0 Å². The highest BCUT2D eigenvalue weighted by molar-refractivity contribution is 5.86. The van der Waals surface area contributed by atoms with Gasteiger partial charge in [0.2, 0.25) is 0 Å². The molecule has 0 aliphatic heterocycles.